The Morgan fingerprint density at radius 3 is 2.06 bits per heavy atom. The first-order valence-electron chi connectivity index (χ1n) is 9.78. The smallest absolute Gasteiger partial charge is 0.338 e. The summed E-state index contributed by atoms with van der Waals surface area (Å²) in [5, 5.41) is 0. The van der Waals surface area contributed by atoms with E-state index in [-0.39, 0.29) is 16.2 Å². The number of rotatable bonds is 8. The van der Waals surface area contributed by atoms with Crippen LogP contribution in [0, 0.1) is 0 Å². The molecular formula is C24H23NO6S. The molecule has 0 N–H and O–H groups in total. The van der Waals surface area contributed by atoms with Crippen LogP contribution in [0.3, 0.4) is 0 Å². The summed E-state index contributed by atoms with van der Waals surface area (Å²) in [4.78, 5) is 24.8. The largest absolute Gasteiger partial charge is 0.495 e. The maximum atomic E-state index is 13.0. The van der Waals surface area contributed by atoms with Crippen molar-refractivity contribution in [3.05, 3.63) is 90.0 Å². The summed E-state index contributed by atoms with van der Waals surface area (Å²) in [6, 6.07) is 20.6. The molecule has 0 radical (unpaired) electrons. The lowest BCUT2D eigenvalue weighted by atomic mass is 10.1. The molecule has 0 bridgehead atoms. The van der Waals surface area contributed by atoms with Crippen LogP contribution in [0.1, 0.15) is 27.6 Å². The molecular weight excluding hydrogens is 430 g/mol. The summed E-state index contributed by atoms with van der Waals surface area (Å²) in [7, 11) is -1.01. The molecule has 0 aromatic heterocycles. The second-order valence-corrected chi connectivity index (χ2v) is 8.92. The van der Waals surface area contributed by atoms with E-state index in [0.29, 0.717) is 17.0 Å². The van der Waals surface area contributed by atoms with Gasteiger partial charge in [-0.2, -0.15) is 0 Å². The van der Waals surface area contributed by atoms with E-state index < -0.39 is 22.1 Å². The number of hydrogen-bond acceptors (Lipinski definition) is 6. The molecule has 0 spiro atoms. The second kappa shape index (κ2) is 9.65. The molecule has 3 aromatic rings. The molecule has 1 unspecified atom stereocenters. The number of nitrogens with zero attached hydrogens (tertiary/aromatic N) is 1. The summed E-state index contributed by atoms with van der Waals surface area (Å²) < 4.78 is 37.6. The zero-order valence-corrected chi connectivity index (χ0v) is 18.7. The molecule has 3 aromatic carbocycles. The summed E-state index contributed by atoms with van der Waals surface area (Å²) in [6.45, 7) is 1.49. The monoisotopic (exact) mass is 453 g/mol. The molecule has 0 aliphatic carbocycles. The van der Waals surface area contributed by atoms with Crippen molar-refractivity contribution in [2.45, 2.75) is 17.9 Å². The Balaban J connectivity index is 1.75. The highest BCUT2D eigenvalue weighted by Gasteiger charge is 2.25. The van der Waals surface area contributed by atoms with Crippen LogP contribution >= 0.6 is 0 Å². The highest BCUT2D eigenvalue weighted by molar-refractivity contribution is 7.92. The number of hydrogen-bond donors (Lipinski definition) is 0. The predicted octanol–water partition coefficient (Wildman–Crippen LogP) is 3.95. The van der Waals surface area contributed by atoms with Gasteiger partial charge in [0.15, 0.2) is 6.10 Å². The van der Waals surface area contributed by atoms with Crippen molar-refractivity contribution in [3.63, 3.8) is 0 Å². The number of benzene rings is 3. The molecule has 0 aliphatic rings. The number of ketones is 1. The summed E-state index contributed by atoms with van der Waals surface area (Å²) >= 11 is 0. The number of ether oxygens (including phenoxy) is 2. The lowest BCUT2D eigenvalue weighted by molar-refractivity contribution is 0.0318. The van der Waals surface area contributed by atoms with Crippen molar-refractivity contribution in [1.29, 1.82) is 0 Å². The minimum atomic E-state index is -3.89. The van der Waals surface area contributed by atoms with Crippen LogP contribution in [0.25, 0.3) is 0 Å². The summed E-state index contributed by atoms with van der Waals surface area (Å²) in [5.74, 6) is -0.628. The Bertz CT molecular complexity index is 1210. The molecule has 8 heteroatoms. The molecule has 0 amide bonds. The number of carbonyl (C=O) groups excluding carboxylic acids is 2. The Morgan fingerprint density at radius 2 is 1.44 bits per heavy atom. The van der Waals surface area contributed by atoms with Crippen molar-refractivity contribution in [2.75, 3.05) is 18.5 Å². The van der Waals surface area contributed by atoms with Gasteiger partial charge in [-0.15, -0.1) is 0 Å². The maximum Gasteiger partial charge on any atom is 0.338 e. The fraction of sp³-hybridized carbons (Fsp3) is 0.167. The molecule has 7 nitrogen and oxygen atoms in total. The number of methoxy groups -OCH3 is 1. The lowest BCUT2D eigenvalue weighted by Gasteiger charge is -2.21. The molecule has 3 rings (SSSR count). The topological polar surface area (TPSA) is 90.0 Å². The van der Waals surface area contributed by atoms with Gasteiger partial charge in [0.1, 0.15) is 5.75 Å². The molecule has 32 heavy (non-hydrogen) atoms. The number of Topliss-reactive ketones (excluding diaryl/α,β-unsaturated/α-hetero) is 1. The first kappa shape index (κ1) is 23.0. The van der Waals surface area contributed by atoms with Gasteiger partial charge in [-0.3, -0.25) is 9.10 Å². The lowest BCUT2D eigenvalue weighted by Crippen LogP contribution is -2.27. The fourth-order valence-electron chi connectivity index (χ4n) is 3.06. The first-order valence-corrected chi connectivity index (χ1v) is 11.2. The second-order valence-electron chi connectivity index (χ2n) is 6.95. The summed E-state index contributed by atoms with van der Waals surface area (Å²) in [6.07, 6.45) is -0.981. The van der Waals surface area contributed by atoms with Crippen molar-refractivity contribution < 1.29 is 27.5 Å². The van der Waals surface area contributed by atoms with E-state index in [1.165, 1.54) is 45.3 Å². The van der Waals surface area contributed by atoms with Gasteiger partial charge in [0.2, 0.25) is 5.78 Å². The molecule has 0 saturated carbocycles. The molecule has 0 heterocycles. The number of esters is 1. The van der Waals surface area contributed by atoms with E-state index in [1.54, 1.807) is 54.6 Å². The highest BCUT2D eigenvalue weighted by atomic mass is 32.2. The van der Waals surface area contributed by atoms with Gasteiger partial charge in [0, 0.05) is 12.6 Å². The van der Waals surface area contributed by atoms with Crippen molar-refractivity contribution in [1.82, 2.24) is 0 Å². The van der Waals surface area contributed by atoms with Crippen LogP contribution in [-0.2, 0) is 14.8 Å². The van der Waals surface area contributed by atoms with Crippen LogP contribution in [0.4, 0.5) is 5.69 Å². The van der Waals surface area contributed by atoms with E-state index in [2.05, 4.69) is 0 Å². The van der Waals surface area contributed by atoms with Crippen molar-refractivity contribution in [2.24, 2.45) is 0 Å². The quantitative estimate of drug-likeness (QED) is 0.379. The van der Waals surface area contributed by atoms with Crippen LogP contribution in [-0.4, -0.2) is 40.4 Å². The van der Waals surface area contributed by atoms with Gasteiger partial charge < -0.3 is 9.47 Å². The molecule has 0 saturated heterocycles. The molecule has 0 aliphatic heterocycles. The third-order valence-electron chi connectivity index (χ3n) is 4.88. The van der Waals surface area contributed by atoms with Gasteiger partial charge in [-0.1, -0.05) is 42.5 Å². The number of anilines is 1. The molecule has 166 valence electrons. The van der Waals surface area contributed by atoms with E-state index in [0.717, 1.165) is 4.31 Å². The average molecular weight is 454 g/mol. The van der Waals surface area contributed by atoms with Crippen molar-refractivity contribution >= 4 is 27.5 Å². The predicted molar refractivity (Wildman–Crippen MR) is 121 cm³/mol. The minimum Gasteiger partial charge on any atom is -0.495 e. The minimum absolute atomic E-state index is 0.00383. The number of sulfonamides is 1. The third-order valence-corrected chi connectivity index (χ3v) is 6.67. The highest BCUT2D eigenvalue weighted by Crippen LogP contribution is 2.30. The van der Waals surface area contributed by atoms with Crippen molar-refractivity contribution in [3.8, 4) is 5.75 Å². The molecule has 1 atom stereocenters. The van der Waals surface area contributed by atoms with E-state index in [4.69, 9.17) is 9.47 Å². The Kier molecular flexibility index (Phi) is 6.95. The van der Waals surface area contributed by atoms with Gasteiger partial charge in [-0.25, -0.2) is 13.2 Å². The van der Waals surface area contributed by atoms with E-state index in [1.807, 2.05) is 0 Å². The van der Waals surface area contributed by atoms with Gasteiger partial charge >= 0.3 is 5.97 Å². The zero-order valence-electron chi connectivity index (χ0n) is 17.9. The van der Waals surface area contributed by atoms with E-state index in [9.17, 15) is 18.0 Å². The normalized spacial score (nSPS) is 12.0. The maximum absolute atomic E-state index is 13.0. The van der Waals surface area contributed by atoms with Crippen LogP contribution < -0.4 is 9.04 Å². The van der Waals surface area contributed by atoms with Gasteiger partial charge in [-0.05, 0) is 43.3 Å². The van der Waals surface area contributed by atoms with Crippen LogP contribution in [0.15, 0.2) is 83.8 Å². The zero-order chi connectivity index (χ0) is 23.3. The Hall–Kier alpha value is -3.65. The SMILES string of the molecule is COc1ccccc1N(C)S(=O)(=O)c1ccc(C(=O)OC(C)C(=O)c2ccccc2)cc1. The van der Waals surface area contributed by atoms with E-state index >= 15 is 0 Å². The average Bonchev–Trinajstić information content (AvgIpc) is 2.83. The van der Waals surface area contributed by atoms with Crippen LogP contribution in [0.5, 0.6) is 5.75 Å². The third kappa shape index (κ3) is 4.81. The summed E-state index contributed by atoms with van der Waals surface area (Å²) in [5.41, 5.74) is 0.956. The molecule has 0 fully saturated rings. The standard InChI is InChI=1S/C24H23NO6S/c1-17(23(26)18-9-5-4-6-10-18)31-24(27)19-13-15-20(16-14-19)32(28,29)25(2)21-11-7-8-12-22(21)30-3/h4-17H,1-3H3. The fourth-order valence-corrected chi connectivity index (χ4v) is 4.27. The van der Waals surface area contributed by atoms with Crippen LogP contribution in [0.2, 0.25) is 0 Å². The van der Waals surface area contributed by atoms with Gasteiger partial charge in [0.05, 0.1) is 23.3 Å². The number of carbonyl (C=O) groups is 2. The number of para-hydroxylation sites is 2. The Morgan fingerprint density at radius 1 is 0.844 bits per heavy atom. The Labute approximate surface area is 187 Å². The first-order chi connectivity index (χ1) is 15.3. The van der Waals surface area contributed by atoms with Gasteiger partial charge in [0.25, 0.3) is 10.0 Å².